The number of carbonyl (C=O) groups is 1. The molecule has 0 bridgehead atoms. The Hall–Kier alpha value is -1.78. The first-order valence-corrected chi connectivity index (χ1v) is 7.41. The minimum absolute atomic E-state index is 0.0941. The van der Waals surface area contributed by atoms with Crippen LogP contribution in [0.1, 0.15) is 52.7 Å². The fraction of sp³-hybridized carbons (Fsp3) is 0.500. The minimum atomic E-state index is -4.85. The summed E-state index contributed by atoms with van der Waals surface area (Å²) in [6.07, 6.45) is -3.31. The Morgan fingerprint density at radius 2 is 1.35 bits per heavy atom. The molecule has 0 spiro atoms. The standard InChI is InChI=1S/C18H24F3NO/c1-16(2,3)12-9-13(17(4,5)6)11-14(10-12)22-8-7-15(23)18(19,20)21/h7-11,22H,1-6H3/b8-7+. The molecule has 1 aromatic rings. The van der Waals surface area contributed by atoms with E-state index in [2.05, 4.69) is 52.9 Å². The normalized spacial score (nSPS) is 13.4. The Bertz CT molecular complexity index is 570. The maximum Gasteiger partial charge on any atom is 0.454 e. The second-order valence-corrected chi connectivity index (χ2v) is 7.64. The van der Waals surface area contributed by atoms with Crippen molar-refractivity contribution in [3.05, 3.63) is 41.6 Å². The van der Waals surface area contributed by atoms with Crippen LogP contribution >= 0.6 is 0 Å². The van der Waals surface area contributed by atoms with Crippen LogP contribution < -0.4 is 5.32 Å². The highest BCUT2D eigenvalue weighted by Crippen LogP contribution is 2.32. The molecule has 0 heterocycles. The highest BCUT2D eigenvalue weighted by Gasteiger charge is 2.36. The second kappa shape index (κ2) is 6.38. The highest BCUT2D eigenvalue weighted by molar-refractivity contribution is 5.94. The molecular formula is C18H24F3NO. The summed E-state index contributed by atoms with van der Waals surface area (Å²) in [7, 11) is 0. The smallest absolute Gasteiger partial charge is 0.362 e. The van der Waals surface area contributed by atoms with E-state index in [1.54, 1.807) is 0 Å². The average Bonchev–Trinajstić information content (AvgIpc) is 2.35. The van der Waals surface area contributed by atoms with Gasteiger partial charge in [0.15, 0.2) is 0 Å². The van der Waals surface area contributed by atoms with Gasteiger partial charge >= 0.3 is 6.18 Å². The van der Waals surface area contributed by atoms with Gasteiger partial charge in [0.1, 0.15) is 0 Å². The van der Waals surface area contributed by atoms with Gasteiger partial charge < -0.3 is 5.32 Å². The van der Waals surface area contributed by atoms with Gasteiger partial charge in [-0.1, -0.05) is 47.6 Å². The summed E-state index contributed by atoms with van der Waals surface area (Å²) in [5.41, 5.74) is 2.62. The van der Waals surface area contributed by atoms with E-state index in [0.29, 0.717) is 11.8 Å². The fourth-order valence-electron chi connectivity index (χ4n) is 1.89. The van der Waals surface area contributed by atoms with E-state index in [9.17, 15) is 18.0 Å². The molecule has 1 rings (SSSR count). The van der Waals surface area contributed by atoms with Crippen molar-refractivity contribution in [1.29, 1.82) is 0 Å². The molecule has 1 N–H and O–H groups in total. The topological polar surface area (TPSA) is 29.1 Å². The van der Waals surface area contributed by atoms with Crippen molar-refractivity contribution in [3.63, 3.8) is 0 Å². The molecule has 2 nitrogen and oxygen atoms in total. The van der Waals surface area contributed by atoms with E-state index in [1.165, 1.54) is 0 Å². The molecule has 0 fully saturated rings. The predicted molar refractivity (Wildman–Crippen MR) is 87.7 cm³/mol. The van der Waals surface area contributed by atoms with Gasteiger partial charge in [-0.15, -0.1) is 0 Å². The zero-order valence-electron chi connectivity index (χ0n) is 14.4. The number of hydrogen-bond acceptors (Lipinski definition) is 2. The van der Waals surface area contributed by atoms with Crippen molar-refractivity contribution < 1.29 is 18.0 Å². The average molecular weight is 327 g/mol. The van der Waals surface area contributed by atoms with E-state index in [-0.39, 0.29) is 10.8 Å². The van der Waals surface area contributed by atoms with Crippen LogP contribution in [0.3, 0.4) is 0 Å². The van der Waals surface area contributed by atoms with Crippen molar-refractivity contribution in [2.75, 3.05) is 5.32 Å². The number of benzene rings is 1. The Morgan fingerprint density at radius 1 is 0.913 bits per heavy atom. The summed E-state index contributed by atoms with van der Waals surface area (Å²) in [6, 6.07) is 5.88. The summed E-state index contributed by atoms with van der Waals surface area (Å²) in [6.45, 7) is 12.4. The SMILES string of the molecule is CC(C)(C)c1cc(N/C=C/C(=O)C(F)(F)F)cc(C(C)(C)C)c1. The van der Waals surface area contributed by atoms with E-state index in [4.69, 9.17) is 0 Å². The molecule has 1 aromatic carbocycles. The van der Waals surface area contributed by atoms with E-state index in [1.807, 2.05) is 12.1 Å². The molecule has 0 saturated carbocycles. The zero-order chi connectivity index (χ0) is 18.1. The molecule has 5 heteroatoms. The summed E-state index contributed by atoms with van der Waals surface area (Å²) in [4.78, 5) is 10.9. The minimum Gasteiger partial charge on any atom is -0.362 e. The fourth-order valence-corrected chi connectivity index (χ4v) is 1.89. The van der Waals surface area contributed by atoms with Crippen LogP contribution in [0.4, 0.5) is 18.9 Å². The molecule has 23 heavy (non-hydrogen) atoms. The van der Waals surface area contributed by atoms with Crippen molar-refractivity contribution in [2.24, 2.45) is 0 Å². The monoisotopic (exact) mass is 327 g/mol. The quantitative estimate of drug-likeness (QED) is 0.759. The van der Waals surface area contributed by atoms with Crippen LogP contribution in [0.5, 0.6) is 0 Å². The van der Waals surface area contributed by atoms with Gasteiger partial charge in [-0.2, -0.15) is 13.2 Å². The molecule has 0 aliphatic rings. The Kier molecular flexibility index (Phi) is 5.34. The maximum atomic E-state index is 12.2. The molecule has 0 aromatic heterocycles. The molecule has 0 amide bonds. The van der Waals surface area contributed by atoms with Crippen LogP contribution in [0.15, 0.2) is 30.5 Å². The number of rotatable bonds is 3. The lowest BCUT2D eigenvalue weighted by atomic mass is 9.80. The molecule has 0 atom stereocenters. The number of nitrogens with one attached hydrogen (secondary N) is 1. The highest BCUT2D eigenvalue weighted by atomic mass is 19.4. The van der Waals surface area contributed by atoms with Gasteiger partial charge in [-0.25, -0.2) is 0 Å². The number of halogens is 3. The number of allylic oxidation sites excluding steroid dienone is 1. The van der Waals surface area contributed by atoms with Crippen molar-refractivity contribution >= 4 is 11.5 Å². The molecule has 0 unspecified atom stereocenters. The number of ketones is 1. The molecule has 0 saturated heterocycles. The van der Waals surface area contributed by atoms with Gasteiger partial charge in [-0.05, 0) is 34.1 Å². The Balaban J connectivity index is 3.12. The lowest BCUT2D eigenvalue weighted by Gasteiger charge is -2.26. The first-order valence-electron chi connectivity index (χ1n) is 7.41. The molecule has 0 aliphatic heterocycles. The lowest BCUT2D eigenvalue weighted by molar-refractivity contribution is -0.165. The van der Waals surface area contributed by atoms with Crippen molar-refractivity contribution in [2.45, 2.75) is 58.5 Å². The van der Waals surface area contributed by atoms with Crippen LogP contribution in [-0.2, 0) is 15.6 Å². The summed E-state index contributed by atoms with van der Waals surface area (Å²) >= 11 is 0. The van der Waals surface area contributed by atoms with Gasteiger partial charge in [0.25, 0.3) is 5.78 Å². The predicted octanol–water partition coefficient (Wildman–Crippen LogP) is 5.34. The first kappa shape index (κ1) is 19.3. The number of anilines is 1. The largest absolute Gasteiger partial charge is 0.454 e. The number of carbonyl (C=O) groups excluding carboxylic acids is 1. The van der Waals surface area contributed by atoms with Crippen molar-refractivity contribution in [1.82, 2.24) is 0 Å². The van der Waals surface area contributed by atoms with Gasteiger partial charge in [0.05, 0.1) is 0 Å². The summed E-state index contributed by atoms with van der Waals surface area (Å²) in [5, 5.41) is 2.77. The summed E-state index contributed by atoms with van der Waals surface area (Å²) < 4.78 is 36.6. The number of hydrogen-bond donors (Lipinski definition) is 1. The third-order valence-electron chi connectivity index (χ3n) is 3.43. The van der Waals surface area contributed by atoms with Crippen LogP contribution in [-0.4, -0.2) is 12.0 Å². The number of alkyl halides is 3. The molecular weight excluding hydrogens is 303 g/mol. The molecule has 0 aliphatic carbocycles. The van der Waals surface area contributed by atoms with Crippen LogP contribution in [0, 0.1) is 0 Å². The van der Waals surface area contributed by atoms with E-state index < -0.39 is 12.0 Å². The Morgan fingerprint density at radius 3 is 1.70 bits per heavy atom. The van der Waals surface area contributed by atoms with E-state index in [0.717, 1.165) is 17.3 Å². The second-order valence-electron chi connectivity index (χ2n) is 7.64. The van der Waals surface area contributed by atoms with Gasteiger partial charge in [0.2, 0.25) is 0 Å². The van der Waals surface area contributed by atoms with Crippen molar-refractivity contribution in [3.8, 4) is 0 Å². The zero-order valence-corrected chi connectivity index (χ0v) is 14.4. The van der Waals surface area contributed by atoms with Gasteiger partial charge in [-0.3, -0.25) is 4.79 Å². The molecule has 0 radical (unpaired) electrons. The lowest BCUT2D eigenvalue weighted by Crippen LogP contribution is -2.20. The third kappa shape index (κ3) is 5.73. The van der Waals surface area contributed by atoms with Crippen LogP contribution in [0.2, 0.25) is 0 Å². The Labute approximate surface area is 135 Å². The maximum absolute atomic E-state index is 12.2. The van der Waals surface area contributed by atoms with E-state index >= 15 is 0 Å². The van der Waals surface area contributed by atoms with Gasteiger partial charge in [0, 0.05) is 18.0 Å². The third-order valence-corrected chi connectivity index (χ3v) is 3.43. The summed E-state index contributed by atoms with van der Waals surface area (Å²) in [5.74, 6) is -1.88. The molecule has 128 valence electrons. The first-order chi connectivity index (χ1) is 10.2. The van der Waals surface area contributed by atoms with Crippen LogP contribution in [0.25, 0.3) is 0 Å².